The number of nitrogens with one attached hydrogen (secondary N) is 2. The molecule has 1 fully saturated rings. The number of hydrogen-bond acceptors (Lipinski definition) is 4. The summed E-state index contributed by atoms with van der Waals surface area (Å²) in [6.07, 6.45) is 6.50. The van der Waals surface area contributed by atoms with E-state index in [0.29, 0.717) is 24.4 Å². The quantitative estimate of drug-likeness (QED) is 0.549. The van der Waals surface area contributed by atoms with E-state index in [4.69, 9.17) is 0 Å². The molecular weight excluding hydrogens is 438 g/mol. The molecule has 2 amide bonds. The molecule has 0 spiro atoms. The number of carbonyl (C=O) groups is 2. The summed E-state index contributed by atoms with van der Waals surface area (Å²) >= 11 is 5.08. The maximum Gasteiger partial charge on any atom is 0.253 e. The largest absolute Gasteiger partial charge is 0.354 e. The molecular formula is C21H32BrN3O2S. The van der Waals surface area contributed by atoms with Crippen LogP contribution in [-0.4, -0.2) is 60.9 Å². The molecule has 1 heterocycles. The lowest BCUT2D eigenvalue weighted by Crippen LogP contribution is -2.48. The van der Waals surface area contributed by atoms with Crippen molar-refractivity contribution in [2.75, 3.05) is 38.2 Å². The number of likely N-dealkylation sites (tertiary alicyclic amines) is 1. The van der Waals surface area contributed by atoms with E-state index in [0.717, 1.165) is 29.9 Å². The van der Waals surface area contributed by atoms with Crippen molar-refractivity contribution in [3.63, 3.8) is 0 Å². The molecule has 1 aliphatic heterocycles. The molecule has 1 saturated heterocycles. The Morgan fingerprint density at radius 2 is 1.93 bits per heavy atom. The van der Waals surface area contributed by atoms with E-state index in [2.05, 4.69) is 38.4 Å². The Labute approximate surface area is 181 Å². The molecule has 28 heavy (non-hydrogen) atoms. The van der Waals surface area contributed by atoms with Crippen LogP contribution in [0.15, 0.2) is 28.7 Å². The first-order valence-electron chi connectivity index (χ1n) is 10.1. The molecule has 1 aromatic rings. The minimum absolute atomic E-state index is 0.0973. The number of piperidine rings is 1. The number of rotatable bonds is 10. The van der Waals surface area contributed by atoms with Gasteiger partial charge < -0.3 is 15.5 Å². The van der Waals surface area contributed by atoms with Crippen molar-refractivity contribution in [2.24, 2.45) is 5.92 Å². The van der Waals surface area contributed by atoms with Crippen LogP contribution in [0.4, 0.5) is 0 Å². The summed E-state index contributed by atoms with van der Waals surface area (Å²) in [5, 5.41) is 5.96. The zero-order chi connectivity index (χ0) is 20.4. The number of benzene rings is 1. The zero-order valence-corrected chi connectivity index (χ0v) is 19.3. The number of hydrogen-bond donors (Lipinski definition) is 2. The van der Waals surface area contributed by atoms with E-state index >= 15 is 0 Å². The predicted octanol–water partition coefficient (Wildman–Crippen LogP) is 3.54. The summed E-state index contributed by atoms with van der Waals surface area (Å²) in [5.41, 5.74) is 0.544. The van der Waals surface area contributed by atoms with Crippen molar-refractivity contribution in [3.8, 4) is 0 Å². The fraction of sp³-hybridized carbons (Fsp3) is 0.619. The maximum atomic E-state index is 12.7. The highest BCUT2D eigenvalue weighted by molar-refractivity contribution is 9.10. The Hall–Kier alpha value is -1.05. The third kappa shape index (κ3) is 7.76. The molecule has 0 aliphatic carbocycles. The summed E-state index contributed by atoms with van der Waals surface area (Å²) < 4.78 is 0.728. The van der Waals surface area contributed by atoms with Gasteiger partial charge in [-0.3, -0.25) is 9.59 Å². The maximum absolute atomic E-state index is 12.7. The average molecular weight is 470 g/mol. The molecule has 5 nitrogen and oxygen atoms in total. The topological polar surface area (TPSA) is 61.4 Å². The predicted molar refractivity (Wildman–Crippen MR) is 121 cm³/mol. The van der Waals surface area contributed by atoms with E-state index in [-0.39, 0.29) is 11.8 Å². The van der Waals surface area contributed by atoms with Crippen LogP contribution in [0.25, 0.3) is 0 Å². The first-order valence-corrected chi connectivity index (χ1v) is 12.2. The Kier molecular flexibility index (Phi) is 10.4. The summed E-state index contributed by atoms with van der Waals surface area (Å²) in [4.78, 5) is 27.8. The van der Waals surface area contributed by atoms with E-state index in [1.807, 2.05) is 24.5 Å². The molecule has 0 bridgehead atoms. The van der Waals surface area contributed by atoms with Crippen molar-refractivity contribution in [1.82, 2.24) is 15.5 Å². The van der Waals surface area contributed by atoms with Gasteiger partial charge in [0.05, 0.1) is 5.56 Å². The molecule has 2 unspecified atom stereocenters. The monoisotopic (exact) mass is 469 g/mol. The average Bonchev–Trinajstić information content (AvgIpc) is 2.70. The number of thioether (sulfide) groups is 1. The summed E-state index contributed by atoms with van der Waals surface area (Å²) in [5.74, 6) is 0.884. The van der Waals surface area contributed by atoms with Crippen molar-refractivity contribution in [3.05, 3.63) is 34.3 Å². The van der Waals surface area contributed by atoms with Crippen LogP contribution >= 0.6 is 27.7 Å². The fourth-order valence-corrected chi connectivity index (χ4v) is 4.37. The molecule has 156 valence electrons. The van der Waals surface area contributed by atoms with Gasteiger partial charge in [-0.25, -0.2) is 0 Å². The third-order valence-corrected chi connectivity index (χ3v) is 6.33. The van der Waals surface area contributed by atoms with E-state index in [9.17, 15) is 9.59 Å². The Balaban J connectivity index is 1.87. The van der Waals surface area contributed by atoms with Crippen LogP contribution in [0.5, 0.6) is 0 Å². The van der Waals surface area contributed by atoms with Crippen LogP contribution < -0.4 is 10.6 Å². The van der Waals surface area contributed by atoms with Crippen molar-refractivity contribution >= 4 is 39.5 Å². The molecule has 2 rings (SSSR count). The molecule has 1 aromatic carbocycles. The van der Waals surface area contributed by atoms with E-state index < -0.39 is 6.04 Å². The van der Waals surface area contributed by atoms with E-state index in [1.54, 1.807) is 17.8 Å². The van der Waals surface area contributed by atoms with Gasteiger partial charge >= 0.3 is 0 Å². The summed E-state index contributed by atoms with van der Waals surface area (Å²) in [6.45, 7) is 6.15. The van der Waals surface area contributed by atoms with Gasteiger partial charge in [0.25, 0.3) is 5.91 Å². The lowest BCUT2D eigenvalue weighted by Gasteiger charge is -2.29. The van der Waals surface area contributed by atoms with Gasteiger partial charge in [-0.15, -0.1) is 0 Å². The van der Waals surface area contributed by atoms with Gasteiger partial charge in [0.1, 0.15) is 6.04 Å². The first kappa shape index (κ1) is 23.2. The summed E-state index contributed by atoms with van der Waals surface area (Å²) in [6, 6.07) is 6.74. The number of nitrogens with zero attached hydrogens (tertiary/aromatic N) is 1. The molecule has 0 aromatic heterocycles. The standard InChI is InChI=1S/C21H32BrN3O2S/c1-16(15-25-11-6-3-7-12-25)14-23-21(27)19(10-13-28-2)24-20(26)17-8-4-5-9-18(17)22/h4-5,8-9,16,19H,3,6-7,10-15H2,1-2H3,(H,23,27)(H,24,26). The SMILES string of the molecule is CSCCC(NC(=O)c1ccccc1Br)C(=O)NCC(C)CN1CCCCC1. The lowest BCUT2D eigenvalue weighted by atomic mass is 10.1. The van der Waals surface area contributed by atoms with Gasteiger partial charge in [0.15, 0.2) is 0 Å². The van der Waals surface area contributed by atoms with Gasteiger partial charge in [-0.05, 0) is 78.3 Å². The first-order chi connectivity index (χ1) is 13.5. The second-order valence-electron chi connectivity index (χ2n) is 7.50. The second-order valence-corrected chi connectivity index (χ2v) is 9.34. The van der Waals surface area contributed by atoms with Gasteiger partial charge in [-0.2, -0.15) is 11.8 Å². The molecule has 2 atom stereocenters. The van der Waals surface area contributed by atoms with Crippen molar-refractivity contribution in [2.45, 2.75) is 38.6 Å². The molecule has 0 radical (unpaired) electrons. The Bertz CT molecular complexity index is 638. The lowest BCUT2D eigenvalue weighted by molar-refractivity contribution is -0.123. The zero-order valence-electron chi connectivity index (χ0n) is 16.9. The minimum Gasteiger partial charge on any atom is -0.354 e. The number of amides is 2. The van der Waals surface area contributed by atoms with Gasteiger partial charge in [0, 0.05) is 17.6 Å². The van der Waals surface area contributed by atoms with Crippen molar-refractivity contribution < 1.29 is 9.59 Å². The number of halogens is 1. The fourth-order valence-electron chi connectivity index (χ4n) is 3.43. The smallest absolute Gasteiger partial charge is 0.253 e. The van der Waals surface area contributed by atoms with Crippen LogP contribution in [0.3, 0.4) is 0 Å². The molecule has 2 N–H and O–H groups in total. The highest BCUT2D eigenvalue weighted by Gasteiger charge is 2.22. The highest BCUT2D eigenvalue weighted by Crippen LogP contribution is 2.16. The Morgan fingerprint density at radius 1 is 1.21 bits per heavy atom. The third-order valence-electron chi connectivity index (χ3n) is 4.99. The van der Waals surface area contributed by atoms with Crippen LogP contribution in [0, 0.1) is 5.92 Å². The summed E-state index contributed by atoms with van der Waals surface area (Å²) in [7, 11) is 0. The molecule has 1 aliphatic rings. The molecule has 7 heteroatoms. The van der Waals surface area contributed by atoms with Crippen LogP contribution in [0.2, 0.25) is 0 Å². The normalized spacial score (nSPS) is 17.0. The second kappa shape index (κ2) is 12.5. The number of carbonyl (C=O) groups excluding carboxylic acids is 2. The van der Waals surface area contributed by atoms with Gasteiger partial charge in [-0.1, -0.05) is 25.5 Å². The van der Waals surface area contributed by atoms with Gasteiger partial charge in [0.2, 0.25) is 5.91 Å². The Morgan fingerprint density at radius 3 is 2.61 bits per heavy atom. The van der Waals surface area contributed by atoms with Crippen LogP contribution in [-0.2, 0) is 4.79 Å². The van der Waals surface area contributed by atoms with E-state index in [1.165, 1.54) is 19.3 Å². The van der Waals surface area contributed by atoms with Crippen molar-refractivity contribution in [1.29, 1.82) is 0 Å². The van der Waals surface area contributed by atoms with Crippen LogP contribution in [0.1, 0.15) is 43.0 Å². The highest BCUT2D eigenvalue weighted by atomic mass is 79.9. The molecule has 0 saturated carbocycles. The minimum atomic E-state index is -0.519.